The lowest BCUT2D eigenvalue weighted by Crippen LogP contribution is -2.49. The SMILES string of the molecule is C[C@]12CCCCC1=CC[C@@H]1[C@@H]2CC[C@]2(C)C(OS(=O)(=O)C(F)(F)F)=CC[C@@H]12. The molecule has 3 nitrogen and oxygen atoms in total. The van der Waals surface area contributed by atoms with Gasteiger partial charge in [-0.1, -0.05) is 31.9 Å². The predicted molar refractivity (Wildman–Crippen MR) is 95.8 cm³/mol. The number of alkyl halides is 3. The van der Waals surface area contributed by atoms with E-state index in [-0.39, 0.29) is 17.1 Å². The smallest absolute Gasteiger partial charge is 0.380 e. The van der Waals surface area contributed by atoms with Gasteiger partial charge in [-0.25, -0.2) is 0 Å². The monoisotopic (exact) mass is 404 g/mol. The van der Waals surface area contributed by atoms with Crippen molar-refractivity contribution in [1.82, 2.24) is 0 Å². The number of halogens is 3. The van der Waals surface area contributed by atoms with E-state index in [1.165, 1.54) is 19.3 Å². The van der Waals surface area contributed by atoms with Crippen LogP contribution in [0.3, 0.4) is 0 Å². The van der Waals surface area contributed by atoms with Crippen LogP contribution in [0, 0.1) is 28.6 Å². The van der Waals surface area contributed by atoms with Gasteiger partial charge in [0.1, 0.15) is 5.76 Å². The minimum absolute atomic E-state index is 0.00634. The van der Waals surface area contributed by atoms with E-state index in [1.54, 1.807) is 11.6 Å². The van der Waals surface area contributed by atoms with Gasteiger partial charge in [0.05, 0.1) is 0 Å². The van der Waals surface area contributed by atoms with E-state index in [2.05, 4.69) is 17.2 Å². The molecule has 0 N–H and O–H groups in total. The van der Waals surface area contributed by atoms with Crippen LogP contribution < -0.4 is 0 Å². The Kier molecular flexibility index (Phi) is 4.30. The zero-order valence-corrected chi connectivity index (χ0v) is 16.6. The Morgan fingerprint density at radius 1 is 1.04 bits per heavy atom. The van der Waals surface area contributed by atoms with Crippen LogP contribution in [0.25, 0.3) is 0 Å². The van der Waals surface area contributed by atoms with Crippen LogP contribution in [0.1, 0.15) is 65.2 Å². The zero-order valence-electron chi connectivity index (χ0n) is 15.8. The number of rotatable bonds is 2. The van der Waals surface area contributed by atoms with E-state index >= 15 is 0 Å². The van der Waals surface area contributed by atoms with Crippen molar-refractivity contribution in [3.63, 3.8) is 0 Å². The maximum absolute atomic E-state index is 12.8. The van der Waals surface area contributed by atoms with Gasteiger partial charge in [0, 0.05) is 5.41 Å². The average molecular weight is 404 g/mol. The van der Waals surface area contributed by atoms with Crippen molar-refractivity contribution >= 4 is 10.1 Å². The molecular formula is C20H27F3O3S. The second-order valence-corrected chi connectivity index (χ2v) is 10.7. The minimum Gasteiger partial charge on any atom is -0.380 e. The molecular weight excluding hydrogens is 377 g/mol. The third kappa shape index (κ3) is 2.78. The van der Waals surface area contributed by atoms with Gasteiger partial charge in [0.25, 0.3) is 0 Å². The standard InChI is InChI=1S/C20H27F3O3S/c1-18-11-4-3-5-13(18)6-7-14-15-8-9-17(19(15,2)12-10-16(14)18)26-27(24,25)20(21,22)23/h6,9,14-16H,3-5,7-8,10-12H2,1-2H3/t14-,15-,16-,18-,19-/m0/s1. The average Bonchev–Trinajstić information content (AvgIpc) is 2.89. The maximum atomic E-state index is 12.8. The van der Waals surface area contributed by atoms with Crippen LogP contribution in [-0.4, -0.2) is 13.9 Å². The summed E-state index contributed by atoms with van der Waals surface area (Å²) in [6.07, 6.45) is 11.9. The minimum atomic E-state index is -5.61. The molecule has 5 atom stereocenters. The van der Waals surface area contributed by atoms with Crippen LogP contribution in [-0.2, 0) is 14.3 Å². The highest BCUT2D eigenvalue weighted by molar-refractivity contribution is 7.87. The Balaban J connectivity index is 1.61. The molecule has 7 heteroatoms. The molecule has 2 saturated carbocycles. The summed E-state index contributed by atoms with van der Waals surface area (Å²) in [5.74, 6) is 1.06. The van der Waals surface area contributed by atoms with Gasteiger partial charge in [0.2, 0.25) is 0 Å². The third-order valence-corrected chi connectivity index (χ3v) is 8.98. The van der Waals surface area contributed by atoms with E-state index in [0.717, 1.165) is 19.3 Å². The molecule has 0 bridgehead atoms. The summed E-state index contributed by atoms with van der Waals surface area (Å²) in [5, 5.41) is 0. The third-order valence-electron chi connectivity index (χ3n) is 8.01. The van der Waals surface area contributed by atoms with E-state index in [1.807, 2.05) is 6.92 Å². The van der Waals surface area contributed by atoms with Gasteiger partial charge < -0.3 is 4.18 Å². The topological polar surface area (TPSA) is 43.4 Å². The molecule has 0 aliphatic heterocycles. The molecule has 2 fully saturated rings. The second kappa shape index (κ2) is 6.01. The van der Waals surface area contributed by atoms with Crippen LogP contribution in [0.5, 0.6) is 0 Å². The molecule has 0 heterocycles. The maximum Gasteiger partial charge on any atom is 0.534 e. The lowest BCUT2D eigenvalue weighted by molar-refractivity contribution is -0.0572. The number of allylic oxidation sites excluding steroid dienone is 4. The van der Waals surface area contributed by atoms with Crippen molar-refractivity contribution in [2.75, 3.05) is 0 Å². The van der Waals surface area contributed by atoms with Crippen LogP contribution in [0.2, 0.25) is 0 Å². The molecule has 0 aromatic rings. The van der Waals surface area contributed by atoms with Crippen molar-refractivity contribution in [3.8, 4) is 0 Å². The quantitative estimate of drug-likeness (QED) is 0.337. The first kappa shape index (κ1) is 19.3. The van der Waals surface area contributed by atoms with Gasteiger partial charge in [0.15, 0.2) is 0 Å². The summed E-state index contributed by atoms with van der Waals surface area (Å²) in [6.45, 7) is 4.26. The Bertz CT molecular complexity index is 798. The van der Waals surface area contributed by atoms with Crippen LogP contribution >= 0.6 is 0 Å². The largest absolute Gasteiger partial charge is 0.534 e. The van der Waals surface area contributed by atoms with Gasteiger partial charge >= 0.3 is 15.6 Å². The van der Waals surface area contributed by atoms with Crippen molar-refractivity contribution in [2.45, 2.75) is 70.7 Å². The van der Waals surface area contributed by atoms with Crippen LogP contribution in [0.15, 0.2) is 23.5 Å². The van der Waals surface area contributed by atoms with Crippen molar-refractivity contribution < 1.29 is 25.8 Å². The number of fused-ring (bicyclic) bond motifs is 5. The first-order chi connectivity index (χ1) is 12.5. The molecule has 4 aliphatic carbocycles. The number of hydrogen-bond donors (Lipinski definition) is 0. The highest BCUT2D eigenvalue weighted by atomic mass is 32.2. The molecule has 0 amide bonds. The lowest BCUT2D eigenvalue weighted by Gasteiger charge is -2.57. The first-order valence-corrected chi connectivity index (χ1v) is 11.3. The molecule has 0 saturated heterocycles. The Morgan fingerprint density at radius 2 is 1.78 bits per heavy atom. The van der Waals surface area contributed by atoms with Gasteiger partial charge in [-0.15, -0.1) is 0 Å². The normalized spacial score (nSPS) is 41.7. The molecule has 4 aliphatic rings. The second-order valence-electron chi connectivity index (χ2n) is 9.21. The molecule has 0 spiro atoms. The molecule has 0 aromatic heterocycles. The van der Waals surface area contributed by atoms with Crippen molar-refractivity contribution in [3.05, 3.63) is 23.5 Å². The lowest BCUT2D eigenvalue weighted by atomic mass is 9.48. The summed E-state index contributed by atoms with van der Waals surface area (Å²) < 4.78 is 66.1. The Morgan fingerprint density at radius 3 is 2.48 bits per heavy atom. The summed E-state index contributed by atoms with van der Waals surface area (Å²) in [7, 11) is -5.61. The highest BCUT2D eigenvalue weighted by Gasteiger charge is 2.59. The molecule has 0 unspecified atom stereocenters. The fourth-order valence-electron chi connectivity index (χ4n) is 6.52. The molecule has 0 aromatic carbocycles. The predicted octanol–water partition coefficient (Wildman–Crippen LogP) is 5.70. The van der Waals surface area contributed by atoms with Gasteiger partial charge in [-0.05, 0) is 74.2 Å². The summed E-state index contributed by atoms with van der Waals surface area (Å²) in [6, 6.07) is 0. The Hall–Kier alpha value is -0.980. The van der Waals surface area contributed by atoms with Gasteiger partial charge in [-0.3, -0.25) is 0 Å². The highest BCUT2D eigenvalue weighted by Crippen LogP contribution is 2.65. The van der Waals surface area contributed by atoms with Crippen molar-refractivity contribution in [2.24, 2.45) is 28.6 Å². The van der Waals surface area contributed by atoms with Crippen LogP contribution in [0.4, 0.5) is 13.2 Å². The molecule has 27 heavy (non-hydrogen) atoms. The molecule has 0 radical (unpaired) electrons. The van der Waals surface area contributed by atoms with Crippen molar-refractivity contribution in [1.29, 1.82) is 0 Å². The van der Waals surface area contributed by atoms with E-state index in [0.29, 0.717) is 24.7 Å². The van der Waals surface area contributed by atoms with E-state index < -0.39 is 21.0 Å². The zero-order chi connectivity index (χ0) is 19.7. The van der Waals surface area contributed by atoms with Gasteiger partial charge in [-0.2, -0.15) is 21.6 Å². The summed E-state index contributed by atoms with van der Waals surface area (Å²) in [4.78, 5) is 0. The first-order valence-electron chi connectivity index (χ1n) is 9.90. The molecule has 152 valence electrons. The number of hydrogen-bond acceptors (Lipinski definition) is 3. The fourth-order valence-corrected chi connectivity index (χ4v) is 7.11. The van der Waals surface area contributed by atoms with E-state index in [4.69, 9.17) is 0 Å². The van der Waals surface area contributed by atoms with E-state index in [9.17, 15) is 21.6 Å². The molecule has 4 rings (SSSR count). The fraction of sp³-hybridized carbons (Fsp3) is 0.800. The summed E-state index contributed by atoms with van der Waals surface area (Å²) in [5.41, 5.74) is -4.25. The Labute approximate surface area is 159 Å². The summed E-state index contributed by atoms with van der Waals surface area (Å²) >= 11 is 0.